The van der Waals surface area contributed by atoms with Crippen LogP contribution in [0.4, 0.5) is 5.95 Å². The molecule has 2 aliphatic rings. The van der Waals surface area contributed by atoms with Crippen LogP contribution in [0.2, 0.25) is 0 Å². The Hall–Kier alpha value is -1.25. The fourth-order valence-electron chi connectivity index (χ4n) is 2.77. The van der Waals surface area contributed by atoms with Crippen LogP contribution in [0.15, 0.2) is 6.07 Å². The van der Waals surface area contributed by atoms with Crippen molar-refractivity contribution in [3.63, 3.8) is 0 Å². The Bertz CT molecular complexity index is 621. The summed E-state index contributed by atoms with van der Waals surface area (Å²) >= 11 is 0. The molecule has 7 nitrogen and oxygen atoms in total. The summed E-state index contributed by atoms with van der Waals surface area (Å²) in [7, 11) is -3.59. The van der Waals surface area contributed by atoms with Gasteiger partial charge in [-0.1, -0.05) is 6.42 Å². The minimum Gasteiger partial charge on any atom is -0.338 e. The van der Waals surface area contributed by atoms with Crippen LogP contribution in [0.25, 0.3) is 0 Å². The molecule has 0 radical (unpaired) electrons. The van der Waals surface area contributed by atoms with Crippen molar-refractivity contribution < 1.29 is 8.42 Å². The first-order chi connectivity index (χ1) is 9.93. The molecule has 1 aliphatic heterocycles. The third-order valence-electron chi connectivity index (χ3n) is 4.27. The Morgan fingerprint density at radius 3 is 2.38 bits per heavy atom. The molecule has 0 unspecified atom stereocenters. The molecule has 2 heterocycles. The minimum absolute atomic E-state index is 0.384. The largest absolute Gasteiger partial charge is 0.338 e. The fourth-order valence-corrected chi connectivity index (χ4v) is 3.45. The van der Waals surface area contributed by atoms with Gasteiger partial charge in [0.2, 0.25) is 5.95 Å². The molecule has 1 saturated carbocycles. The first kappa shape index (κ1) is 14.7. The van der Waals surface area contributed by atoms with Gasteiger partial charge >= 0.3 is 0 Å². The van der Waals surface area contributed by atoms with Crippen molar-refractivity contribution in [2.24, 2.45) is 5.14 Å². The van der Waals surface area contributed by atoms with E-state index < -0.39 is 10.2 Å². The number of nitrogens with two attached hydrogens (primary N) is 1. The molecule has 2 fully saturated rings. The third-order valence-corrected chi connectivity index (χ3v) is 5.35. The number of nitrogens with zero attached hydrogens (tertiary/aromatic N) is 4. The lowest BCUT2D eigenvalue weighted by Gasteiger charge is -2.33. The van der Waals surface area contributed by atoms with Crippen molar-refractivity contribution >= 4 is 16.2 Å². The highest BCUT2D eigenvalue weighted by atomic mass is 32.2. The molecule has 3 rings (SSSR count). The van der Waals surface area contributed by atoms with Crippen LogP contribution in [-0.4, -0.2) is 48.9 Å². The summed E-state index contributed by atoms with van der Waals surface area (Å²) in [5.74, 6) is 1.28. The number of rotatable bonds is 3. The normalized spacial score (nSPS) is 21.3. The summed E-state index contributed by atoms with van der Waals surface area (Å²) in [6.07, 6.45) is 3.68. The van der Waals surface area contributed by atoms with Crippen LogP contribution in [0.3, 0.4) is 0 Å². The summed E-state index contributed by atoms with van der Waals surface area (Å²) in [5.41, 5.74) is 2.09. The fraction of sp³-hybridized carbons (Fsp3) is 0.692. The van der Waals surface area contributed by atoms with Crippen LogP contribution in [0.5, 0.6) is 0 Å². The smallest absolute Gasteiger partial charge is 0.277 e. The lowest BCUT2D eigenvalue weighted by Crippen LogP contribution is -2.51. The van der Waals surface area contributed by atoms with Crippen LogP contribution < -0.4 is 10.0 Å². The van der Waals surface area contributed by atoms with Gasteiger partial charge < -0.3 is 4.90 Å². The van der Waals surface area contributed by atoms with E-state index in [1.807, 2.05) is 11.8 Å². The van der Waals surface area contributed by atoms with E-state index in [4.69, 9.17) is 5.14 Å². The molecule has 116 valence electrons. The average Bonchev–Trinajstić information content (AvgIpc) is 2.35. The van der Waals surface area contributed by atoms with Crippen LogP contribution in [0, 0.1) is 6.92 Å². The quantitative estimate of drug-likeness (QED) is 0.871. The monoisotopic (exact) mass is 311 g/mol. The van der Waals surface area contributed by atoms with Crippen molar-refractivity contribution in [3.8, 4) is 0 Å². The Balaban J connectivity index is 1.74. The summed E-state index contributed by atoms with van der Waals surface area (Å²) in [4.78, 5) is 11.2. The van der Waals surface area contributed by atoms with Gasteiger partial charge in [-0.05, 0) is 25.8 Å². The number of hydrogen-bond acceptors (Lipinski definition) is 5. The van der Waals surface area contributed by atoms with Gasteiger partial charge in [-0.25, -0.2) is 15.1 Å². The lowest BCUT2D eigenvalue weighted by atomic mass is 9.83. The van der Waals surface area contributed by atoms with Gasteiger partial charge in [0, 0.05) is 43.5 Å². The van der Waals surface area contributed by atoms with E-state index in [0.29, 0.717) is 38.0 Å². The summed E-state index contributed by atoms with van der Waals surface area (Å²) in [5, 5.41) is 5.16. The Morgan fingerprint density at radius 2 is 1.86 bits per heavy atom. The van der Waals surface area contributed by atoms with Crippen LogP contribution in [-0.2, 0) is 10.2 Å². The van der Waals surface area contributed by atoms with Crippen molar-refractivity contribution in [3.05, 3.63) is 17.5 Å². The molecule has 1 aliphatic carbocycles. The maximum atomic E-state index is 11.3. The van der Waals surface area contributed by atoms with Crippen molar-refractivity contribution in [2.45, 2.75) is 32.1 Å². The topological polar surface area (TPSA) is 92.4 Å². The van der Waals surface area contributed by atoms with Crippen LogP contribution in [0.1, 0.15) is 36.6 Å². The number of aryl methyl sites for hydroxylation is 1. The van der Waals surface area contributed by atoms with Crippen LogP contribution >= 0.6 is 0 Å². The van der Waals surface area contributed by atoms with Gasteiger partial charge in [0.05, 0.1) is 0 Å². The zero-order chi connectivity index (χ0) is 15.0. The molecule has 1 saturated heterocycles. The van der Waals surface area contributed by atoms with E-state index in [2.05, 4.69) is 16.0 Å². The third kappa shape index (κ3) is 3.17. The maximum Gasteiger partial charge on any atom is 0.277 e. The molecule has 0 amide bonds. The van der Waals surface area contributed by atoms with E-state index in [1.165, 1.54) is 23.6 Å². The standard InChI is InChI=1S/C13H21N5O2S/c1-10-9-12(11-3-2-4-11)16-13(15-10)17-5-7-18(8-6-17)21(14,19)20/h9,11H,2-8H2,1H3,(H2,14,19,20). The zero-order valence-corrected chi connectivity index (χ0v) is 13.0. The zero-order valence-electron chi connectivity index (χ0n) is 12.2. The first-order valence-corrected chi connectivity index (χ1v) is 8.82. The molecule has 0 atom stereocenters. The van der Waals surface area contributed by atoms with E-state index in [-0.39, 0.29) is 0 Å². The number of aromatic nitrogens is 2. The second-order valence-electron chi connectivity index (χ2n) is 5.79. The molecular formula is C13H21N5O2S. The molecule has 0 aromatic carbocycles. The van der Waals surface area contributed by atoms with Gasteiger partial charge in [0.15, 0.2) is 0 Å². The van der Waals surface area contributed by atoms with E-state index in [1.54, 1.807) is 0 Å². The number of hydrogen-bond donors (Lipinski definition) is 1. The summed E-state index contributed by atoms with van der Waals surface area (Å²) < 4.78 is 24.0. The van der Waals surface area contributed by atoms with E-state index >= 15 is 0 Å². The van der Waals surface area contributed by atoms with E-state index in [0.717, 1.165) is 11.4 Å². The second-order valence-corrected chi connectivity index (χ2v) is 7.34. The lowest BCUT2D eigenvalue weighted by molar-refractivity contribution is 0.381. The highest BCUT2D eigenvalue weighted by Gasteiger charge is 2.27. The number of piperazine rings is 1. The minimum atomic E-state index is -3.59. The predicted molar refractivity (Wildman–Crippen MR) is 80.3 cm³/mol. The van der Waals surface area contributed by atoms with Gasteiger partial charge in [-0.2, -0.15) is 12.7 Å². The number of anilines is 1. The molecule has 0 spiro atoms. The molecule has 21 heavy (non-hydrogen) atoms. The summed E-state index contributed by atoms with van der Waals surface area (Å²) in [6.45, 7) is 3.89. The molecule has 8 heteroatoms. The Kier molecular flexibility index (Phi) is 3.85. The van der Waals surface area contributed by atoms with Gasteiger partial charge in [0.1, 0.15) is 0 Å². The van der Waals surface area contributed by atoms with Gasteiger partial charge in [-0.15, -0.1) is 0 Å². The first-order valence-electron chi connectivity index (χ1n) is 7.32. The van der Waals surface area contributed by atoms with Crippen molar-refractivity contribution in [1.29, 1.82) is 0 Å². The molecule has 1 aromatic heterocycles. The highest BCUT2D eigenvalue weighted by Crippen LogP contribution is 2.36. The summed E-state index contributed by atoms with van der Waals surface area (Å²) in [6, 6.07) is 2.06. The Labute approximate surface area is 125 Å². The highest BCUT2D eigenvalue weighted by molar-refractivity contribution is 7.86. The SMILES string of the molecule is Cc1cc(C2CCC2)nc(N2CCN(S(N)(=O)=O)CC2)n1. The van der Waals surface area contributed by atoms with Gasteiger partial charge in [-0.3, -0.25) is 0 Å². The molecular weight excluding hydrogens is 290 g/mol. The Morgan fingerprint density at radius 1 is 1.19 bits per heavy atom. The van der Waals surface area contributed by atoms with E-state index in [9.17, 15) is 8.42 Å². The maximum absolute atomic E-state index is 11.3. The molecule has 2 N–H and O–H groups in total. The van der Waals surface area contributed by atoms with Crippen molar-refractivity contribution in [2.75, 3.05) is 31.1 Å². The second kappa shape index (κ2) is 5.51. The average molecular weight is 311 g/mol. The van der Waals surface area contributed by atoms with Gasteiger partial charge in [0.25, 0.3) is 10.2 Å². The predicted octanol–water partition coefficient (Wildman–Crippen LogP) is 0.378. The molecule has 1 aromatic rings. The molecule has 0 bridgehead atoms. The van der Waals surface area contributed by atoms with Crippen molar-refractivity contribution in [1.82, 2.24) is 14.3 Å².